The fourth-order valence-electron chi connectivity index (χ4n) is 0.819. The van der Waals surface area contributed by atoms with E-state index in [1.165, 1.54) is 4.47 Å². The molecule has 1 rings (SSSR count). The van der Waals surface area contributed by atoms with Gasteiger partial charge in [0, 0.05) is 0 Å². The van der Waals surface area contributed by atoms with E-state index in [9.17, 15) is 17.3 Å². The molecule has 0 nitrogen and oxygen atoms in total. The van der Waals surface area contributed by atoms with Crippen LogP contribution in [0.3, 0.4) is 0 Å². The first-order chi connectivity index (χ1) is 6.84. The molecule has 1 aromatic rings. The minimum atomic E-state index is -6.00. The van der Waals surface area contributed by atoms with Gasteiger partial charge in [-0.25, -0.2) is 0 Å². The van der Waals surface area contributed by atoms with Crippen molar-refractivity contribution >= 4 is 30.4 Å². The van der Waals surface area contributed by atoms with Crippen LogP contribution in [0.25, 0.3) is 0 Å². The molecule has 86 valence electrons. The van der Waals surface area contributed by atoms with E-state index in [1.54, 1.807) is 3.61 Å². The van der Waals surface area contributed by atoms with Crippen molar-refractivity contribution < 1.29 is 17.3 Å². The zero-order valence-electron chi connectivity index (χ0n) is 8.59. The first-order valence-electron chi connectivity index (χ1n) is 4.39. The summed E-state index contributed by atoms with van der Waals surface area (Å²) in [7, 11) is -6.00. The van der Waals surface area contributed by atoms with Gasteiger partial charge in [0.15, 0.2) is 0 Å². The molecule has 0 spiro atoms. The smallest absolute Gasteiger partial charge is 0.418 e. The molecular formula is C9H13BF4Te. The summed E-state index contributed by atoms with van der Waals surface area (Å²) in [5, 5.41) is 0. The molecule has 6 heteroatoms. The molecule has 0 N–H and O–H groups in total. The van der Waals surface area contributed by atoms with Crippen LogP contribution in [0.5, 0.6) is 0 Å². The molecule has 0 aliphatic heterocycles. The van der Waals surface area contributed by atoms with Crippen molar-refractivity contribution in [3.8, 4) is 0 Å². The van der Waals surface area contributed by atoms with Crippen LogP contribution >= 0.6 is 0 Å². The quantitative estimate of drug-likeness (QED) is 0.574. The standard InChI is InChI=1S/C9H13Te.BF4/c1-3-10(2)9-7-5-4-6-8-9;2-1(3,4)5/h4-8H,3H2,1-2H3;/q+1;-1. The maximum Gasteiger partial charge on any atom is 0.673 e. The zero-order chi connectivity index (χ0) is 11.9. The minimum Gasteiger partial charge on any atom is -0.418 e. The van der Waals surface area contributed by atoms with E-state index in [1.807, 2.05) is 0 Å². The largest absolute Gasteiger partial charge is 0.673 e. The Morgan fingerprint density at radius 1 is 1.07 bits per heavy atom. The van der Waals surface area contributed by atoms with E-state index in [2.05, 4.69) is 42.2 Å². The van der Waals surface area contributed by atoms with E-state index >= 15 is 0 Å². The predicted molar refractivity (Wildman–Crippen MR) is 58.4 cm³/mol. The van der Waals surface area contributed by atoms with E-state index in [0.29, 0.717) is 0 Å². The monoisotopic (exact) mass is 338 g/mol. The van der Waals surface area contributed by atoms with Crippen LogP contribution in [0.15, 0.2) is 30.3 Å². The average Bonchev–Trinajstić information content (AvgIpc) is 2.15. The third-order valence-corrected chi connectivity index (χ3v) is 7.12. The van der Waals surface area contributed by atoms with Crippen LogP contribution in [-0.4, -0.2) is 26.8 Å². The van der Waals surface area contributed by atoms with Crippen molar-refractivity contribution in [3.05, 3.63) is 30.3 Å². The second-order valence-corrected chi connectivity index (χ2v) is 9.36. The summed E-state index contributed by atoms with van der Waals surface area (Å²) < 4.78 is 42.0. The van der Waals surface area contributed by atoms with Crippen molar-refractivity contribution in [2.75, 3.05) is 0 Å². The second kappa shape index (κ2) is 7.13. The van der Waals surface area contributed by atoms with Gasteiger partial charge < -0.3 is 17.3 Å². The Hall–Kier alpha value is -0.205. The fraction of sp³-hybridized carbons (Fsp3) is 0.333. The molecule has 0 aromatic heterocycles. The fourth-order valence-corrected chi connectivity index (χ4v) is 3.55. The molecular weight excluding hydrogens is 323 g/mol. The maximum atomic E-state index is 9.75. The summed E-state index contributed by atoms with van der Waals surface area (Å²) in [5.74, 6) is 0. The first-order valence-corrected chi connectivity index (χ1v) is 9.54. The predicted octanol–water partition coefficient (Wildman–Crippen LogP) is 3.34. The Bertz CT molecular complexity index is 257. The number of rotatable bonds is 2. The van der Waals surface area contributed by atoms with Gasteiger partial charge in [0.2, 0.25) is 0 Å². The van der Waals surface area contributed by atoms with Gasteiger partial charge in [0.05, 0.1) is 0 Å². The number of halogens is 4. The summed E-state index contributed by atoms with van der Waals surface area (Å²) in [6.07, 6.45) is 0. The van der Waals surface area contributed by atoms with E-state index in [0.717, 1.165) is 0 Å². The Labute approximate surface area is 94.4 Å². The van der Waals surface area contributed by atoms with Gasteiger partial charge in [-0.2, -0.15) is 0 Å². The van der Waals surface area contributed by atoms with Crippen molar-refractivity contribution in [1.29, 1.82) is 0 Å². The topological polar surface area (TPSA) is 0 Å². The summed E-state index contributed by atoms with van der Waals surface area (Å²) in [6, 6.07) is 10.9. The van der Waals surface area contributed by atoms with Gasteiger partial charge in [-0.05, 0) is 0 Å². The molecule has 0 bridgehead atoms. The van der Waals surface area contributed by atoms with Crippen molar-refractivity contribution in [2.45, 2.75) is 16.4 Å². The Balaban J connectivity index is 0.000000336. The Morgan fingerprint density at radius 2 is 1.47 bits per heavy atom. The molecule has 0 atom stereocenters. The second-order valence-electron chi connectivity index (χ2n) is 2.73. The van der Waals surface area contributed by atoms with Gasteiger partial charge in [0.25, 0.3) is 0 Å². The maximum absolute atomic E-state index is 9.75. The Kier molecular flexibility index (Phi) is 7.03. The van der Waals surface area contributed by atoms with Crippen molar-refractivity contribution in [1.82, 2.24) is 0 Å². The molecule has 0 aliphatic carbocycles. The molecule has 0 radical (unpaired) electrons. The average molecular weight is 336 g/mol. The molecule has 0 saturated heterocycles. The minimum absolute atomic E-state index is 0.819. The number of hydrogen-bond donors (Lipinski definition) is 0. The molecule has 0 unspecified atom stereocenters. The van der Waals surface area contributed by atoms with Gasteiger partial charge >= 0.3 is 77.1 Å². The van der Waals surface area contributed by atoms with Crippen LogP contribution in [0, 0.1) is 0 Å². The van der Waals surface area contributed by atoms with Gasteiger partial charge in [-0.1, -0.05) is 0 Å². The molecule has 15 heavy (non-hydrogen) atoms. The molecule has 1 aromatic carbocycles. The normalized spacial score (nSPS) is 10.9. The summed E-state index contributed by atoms with van der Waals surface area (Å²) in [5.41, 5.74) is 0. The van der Waals surface area contributed by atoms with Crippen LogP contribution in [0.4, 0.5) is 17.3 Å². The third-order valence-electron chi connectivity index (χ3n) is 1.58. The zero-order valence-corrected chi connectivity index (χ0v) is 10.9. The van der Waals surface area contributed by atoms with Gasteiger partial charge in [0.1, 0.15) is 0 Å². The van der Waals surface area contributed by atoms with Crippen LogP contribution < -0.4 is 3.61 Å². The third kappa shape index (κ3) is 10.1. The van der Waals surface area contributed by atoms with Crippen molar-refractivity contribution in [3.63, 3.8) is 0 Å². The number of hydrogen-bond acceptors (Lipinski definition) is 0. The molecule has 0 fully saturated rings. The first kappa shape index (κ1) is 14.8. The van der Waals surface area contributed by atoms with Crippen LogP contribution in [0.2, 0.25) is 9.44 Å². The molecule has 0 aliphatic rings. The van der Waals surface area contributed by atoms with Crippen molar-refractivity contribution in [2.24, 2.45) is 0 Å². The Morgan fingerprint density at radius 3 is 1.80 bits per heavy atom. The summed E-state index contributed by atoms with van der Waals surface area (Å²) in [4.78, 5) is 2.43. The van der Waals surface area contributed by atoms with E-state index in [-0.39, 0.29) is 0 Å². The van der Waals surface area contributed by atoms with Gasteiger partial charge in [-0.3, -0.25) is 0 Å². The molecule has 0 amide bonds. The van der Waals surface area contributed by atoms with Gasteiger partial charge in [-0.15, -0.1) is 0 Å². The number of benzene rings is 1. The summed E-state index contributed by atoms with van der Waals surface area (Å²) in [6.45, 7) is 2.30. The SMILES string of the molecule is CC[Te+](C)c1ccccc1.F[B-](F)(F)F. The van der Waals surface area contributed by atoms with Crippen LogP contribution in [0.1, 0.15) is 6.92 Å². The summed E-state index contributed by atoms with van der Waals surface area (Å²) >= 11 is -0.819. The van der Waals surface area contributed by atoms with E-state index in [4.69, 9.17) is 0 Å². The molecule has 0 heterocycles. The van der Waals surface area contributed by atoms with E-state index < -0.39 is 26.8 Å². The molecule has 0 saturated carbocycles. The van der Waals surface area contributed by atoms with Crippen LogP contribution in [-0.2, 0) is 0 Å².